The number of aliphatic carboxylic acids is 1. The third-order valence-corrected chi connectivity index (χ3v) is 7.15. The van der Waals surface area contributed by atoms with E-state index < -0.39 is 70.8 Å². The van der Waals surface area contributed by atoms with Gasteiger partial charge in [0.15, 0.2) is 0 Å². The van der Waals surface area contributed by atoms with E-state index in [2.05, 4.69) is 0 Å². The molecule has 37 heavy (non-hydrogen) atoms. The van der Waals surface area contributed by atoms with Gasteiger partial charge in [-0.1, -0.05) is 12.1 Å². The van der Waals surface area contributed by atoms with Crippen LogP contribution in [0.15, 0.2) is 42.5 Å². The molecule has 2 heterocycles. The highest BCUT2D eigenvalue weighted by Gasteiger charge is 2.62. The normalized spacial score (nSPS) is 26.9. The minimum atomic E-state index is -5.04. The molecular weight excluding hydrogens is 511 g/mol. The van der Waals surface area contributed by atoms with Crippen molar-refractivity contribution in [2.24, 2.45) is 5.41 Å². The molecule has 12 heteroatoms. The first-order valence-corrected chi connectivity index (χ1v) is 11.3. The van der Waals surface area contributed by atoms with Gasteiger partial charge in [0.25, 0.3) is 0 Å². The fourth-order valence-electron chi connectivity index (χ4n) is 5.30. The average Bonchev–Trinajstić information content (AvgIpc) is 3.28. The highest BCUT2D eigenvalue weighted by molar-refractivity contribution is 5.90. The van der Waals surface area contributed by atoms with Crippen LogP contribution in [0, 0.1) is 11.2 Å². The van der Waals surface area contributed by atoms with Crippen molar-refractivity contribution in [3.63, 3.8) is 0 Å². The molecule has 0 aliphatic carbocycles. The molecule has 0 saturated carbocycles. The number of alkyl halides is 6. The fourth-order valence-corrected chi connectivity index (χ4v) is 5.30. The van der Waals surface area contributed by atoms with Crippen LogP contribution in [0.2, 0.25) is 0 Å². The third-order valence-electron chi connectivity index (χ3n) is 7.15. The zero-order valence-corrected chi connectivity index (χ0v) is 19.5. The monoisotopic (exact) mass is 533 g/mol. The van der Waals surface area contributed by atoms with E-state index in [1.54, 1.807) is 0 Å². The molecule has 2 aromatic carbocycles. The van der Waals surface area contributed by atoms with Crippen molar-refractivity contribution < 1.29 is 50.2 Å². The van der Waals surface area contributed by atoms with Gasteiger partial charge in [0.05, 0.1) is 34.8 Å². The molecule has 1 N–H and O–H groups in total. The highest BCUT2D eigenvalue weighted by Crippen LogP contribution is 2.51. The number of ether oxygens (including phenoxy) is 1. The lowest BCUT2D eigenvalue weighted by molar-refractivity contribution is -0.149. The summed E-state index contributed by atoms with van der Waals surface area (Å²) in [4.78, 5) is 26.2. The van der Waals surface area contributed by atoms with Crippen molar-refractivity contribution >= 4 is 11.9 Å². The molecule has 0 radical (unpaired) electrons. The van der Waals surface area contributed by atoms with E-state index in [1.165, 1.54) is 30.9 Å². The first kappa shape index (κ1) is 26.9. The van der Waals surface area contributed by atoms with E-state index in [0.29, 0.717) is 17.7 Å². The predicted octanol–water partition coefficient (Wildman–Crippen LogP) is 5.80. The van der Waals surface area contributed by atoms with Gasteiger partial charge >= 0.3 is 18.3 Å². The van der Waals surface area contributed by atoms with Gasteiger partial charge < -0.3 is 14.7 Å². The summed E-state index contributed by atoms with van der Waals surface area (Å²) < 4.78 is 99.6. The first-order chi connectivity index (χ1) is 17.0. The summed E-state index contributed by atoms with van der Waals surface area (Å²) in [6, 6.07) is 5.27. The molecule has 5 atom stereocenters. The number of carbonyl (C=O) groups excluding carboxylic acids is 1. The Morgan fingerprint density at radius 1 is 1.05 bits per heavy atom. The van der Waals surface area contributed by atoms with Gasteiger partial charge in [0.2, 0.25) is 5.91 Å². The number of fused-ring (bicyclic) bond motifs is 1. The largest absolute Gasteiger partial charge is 0.481 e. The Morgan fingerprint density at radius 3 is 2.08 bits per heavy atom. The van der Waals surface area contributed by atoms with Crippen molar-refractivity contribution in [2.75, 3.05) is 6.54 Å². The number of carboxylic acid groups (broad SMARTS) is 1. The highest BCUT2D eigenvalue weighted by atomic mass is 19.4. The van der Waals surface area contributed by atoms with Crippen molar-refractivity contribution in [2.45, 2.75) is 56.8 Å². The molecule has 0 spiro atoms. The second kappa shape index (κ2) is 9.00. The lowest BCUT2D eigenvalue weighted by Crippen LogP contribution is -2.43. The topological polar surface area (TPSA) is 66.8 Å². The number of carbonyl (C=O) groups is 2. The molecule has 5 nitrogen and oxygen atoms in total. The molecule has 0 bridgehead atoms. The van der Waals surface area contributed by atoms with E-state index in [0.717, 1.165) is 12.1 Å². The third kappa shape index (κ3) is 4.90. The number of rotatable bonds is 5. The van der Waals surface area contributed by atoms with Crippen molar-refractivity contribution in [3.8, 4) is 0 Å². The number of hydrogen-bond acceptors (Lipinski definition) is 3. The lowest BCUT2D eigenvalue weighted by atomic mass is 9.73. The smallest absolute Gasteiger partial charge is 0.416 e. The molecule has 0 aromatic heterocycles. The zero-order valence-electron chi connectivity index (χ0n) is 19.5. The van der Waals surface area contributed by atoms with Crippen LogP contribution >= 0.6 is 0 Å². The van der Waals surface area contributed by atoms with E-state index in [-0.39, 0.29) is 24.6 Å². The quantitative estimate of drug-likeness (QED) is 0.494. The Labute approximate surface area is 206 Å². The van der Waals surface area contributed by atoms with Crippen LogP contribution in [0.1, 0.15) is 54.5 Å². The van der Waals surface area contributed by atoms with Gasteiger partial charge in [-0.25, -0.2) is 4.39 Å². The van der Waals surface area contributed by atoms with Crippen LogP contribution < -0.4 is 0 Å². The van der Waals surface area contributed by atoms with E-state index in [9.17, 15) is 45.4 Å². The van der Waals surface area contributed by atoms with Gasteiger partial charge in [-0.3, -0.25) is 9.59 Å². The molecule has 1 unspecified atom stereocenters. The number of hydrogen-bond donors (Lipinski definition) is 1. The Hall–Kier alpha value is -3.15. The minimum absolute atomic E-state index is 0.0141. The van der Waals surface area contributed by atoms with Crippen LogP contribution in [0.25, 0.3) is 0 Å². The fraction of sp³-hybridized carbons (Fsp3) is 0.440. The summed E-state index contributed by atoms with van der Waals surface area (Å²) in [6.07, 6.45) is -12.7. The molecule has 2 aliphatic rings. The molecule has 2 saturated heterocycles. The van der Waals surface area contributed by atoms with Crippen LogP contribution in [0.5, 0.6) is 0 Å². The van der Waals surface area contributed by atoms with Crippen molar-refractivity contribution in [1.29, 1.82) is 0 Å². The minimum Gasteiger partial charge on any atom is -0.481 e. The second-order valence-electron chi connectivity index (χ2n) is 9.62. The Balaban J connectivity index is 1.74. The number of nitrogens with zero attached hydrogens (tertiary/aromatic N) is 1. The van der Waals surface area contributed by atoms with Crippen LogP contribution in [0.3, 0.4) is 0 Å². The molecule has 2 fully saturated rings. The molecule has 2 aromatic rings. The SMILES string of the molecule is C[C@@H](O[C@H]1CN2C(=O)CC(C)(C(=O)O)[C@H]2[C@@H]1c1ccc(F)cc1)c1cc(C(F)(F)F)cc(C(F)(F)F)c1. The van der Waals surface area contributed by atoms with Crippen LogP contribution in [-0.4, -0.2) is 40.6 Å². The Morgan fingerprint density at radius 2 is 1.59 bits per heavy atom. The molecule has 2 aliphatic heterocycles. The number of carboxylic acids is 1. The average molecular weight is 533 g/mol. The summed E-state index contributed by atoms with van der Waals surface area (Å²) in [6.45, 7) is 2.53. The Kier molecular flexibility index (Phi) is 6.54. The van der Waals surface area contributed by atoms with Crippen molar-refractivity contribution in [1.82, 2.24) is 4.90 Å². The summed E-state index contributed by atoms with van der Waals surface area (Å²) in [5.74, 6) is -3.12. The van der Waals surface area contributed by atoms with Crippen molar-refractivity contribution in [3.05, 3.63) is 70.5 Å². The van der Waals surface area contributed by atoms with Gasteiger partial charge in [0, 0.05) is 18.9 Å². The first-order valence-electron chi connectivity index (χ1n) is 11.3. The van der Waals surface area contributed by atoms with Gasteiger partial charge in [0.1, 0.15) is 5.82 Å². The maximum absolute atomic E-state index is 13.6. The van der Waals surface area contributed by atoms with E-state index >= 15 is 0 Å². The Bertz CT molecular complexity index is 1180. The van der Waals surface area contributed by atoms with Crippen LogP contribution in [-0.2, 0) is 26.7 Å². The van der Waals surface area contributed by atoms with E-state index in [4.69, 9.17) is 4.74 Å². The predicted molar refractivity (Wildman–Crippen MR) is 115 cm³/mol. The maximum atomic E-state index is 13.6. The van der Waals surface area contributed by atoms with Crippen LogP contribution in [0.4, 0.5) is 30.7 Å². The molecule has 1 amide bonds. The van der Waals surface area contributed by atoms with Gasteiger partial charge in [-0.2, -0.15) is 26.3 Å². The molecule has 200 valence electrons. The number of benzene rings is 2. The summed E-state index contributed by atoms with van der Waals surface area (Å²) in [7, 11) is 0. The maximum Gasteiger partial charge on any atom is 0.416 e. The summed E-state index contributed by atoms with van der Waals surface area (Å²) in [5.41, 5.74) is -4.50. The molecular formula is C25H22F7NO4. The number of halogens is 7. The number of amides is 1. The van der Waals surface area contributed by atoms with E-state index in [1.807, 2.05) is 0 Å². The summed E-state index contributed by atoms with van der Waals surface area (Å²) >= 11 is 0. The van der Waals surface area contributed by atoms with Gasteiger partial charge in [-0.05, 0) is 55.3 Å². The summed E-state index contributed by atoms with van der Waals surface area (Å²) in [5, 5.41) is 9.91. The second-order valence-corrected chi connectivity index (χ2v) is 9.62. The van der Waals surface area contributed by atoms with Gasteiger partial charge in [-0.15, -0.1) is 0 Å². The molecule has 4 rings (SSSR count). The zero-order chi connectivity index (χ0) is 27.5. The lowest BCUT2D eigenvalue weighted by Gasteiger charge is -2.33. The standard InChI is InChI=1S/C25H22F7NO4/c1-12(14-7-15(24(27,28)29)9-16(8-14)25(30,31)32)37-18-11-33-19(34)10-23(2,22(35)36)21(33)20(18)13-3-5-17(26)6-4-13/h3-9,12,18,20-21H,10-11H2,1-2H3,(H,35,36)/t12-,18+,20-,21-,23?/m1/s1.